The Morgan fingerprint density at radius 2 is 2.27 bits per heavy atom. The van der Waals surface area contributed by atoms with Crippen LogP contribution >= 0.6 is 11.6 Å². The fraction of sp³-hybridized carbons (Fsp3) is 0. The zero-order chi connectivity index (χ0) is 8.43. The van der Waals surface area contributed by atoms with Crippen LogP contribution in [-0.2, 0) is 0 Å². The Morgan fingerprint density at radius 3 is 2.73 bits per heavy atom. The summed E-state index contributed by atoms with van der Waals surface area (Å²) < 4.78 is 12.4. The number of carbonyl (C=O) groups excluding carboxylic acids is 1. The Morgan fingerprint density at radius 1 is 1.64 bits per heavy atom. The molecular formula is C6H4ClFN2O. The van der Waals surface area contributed by atoms with Crippen LogP contribution in [0.2, 0.25) is 5.15 Å². The maximum Gasteiger partial charge on any atom is 0.248 e. The number of primary amides is 1. The second kappa shape index (κ2) is 2.84. The molecule has 0 unspecified atom stereocenters. The van der Waals surface area contributed by atoms with E-state index in [1.807, 2.05) is 0 Å². The molecule has 0 aliphatic heterocycles. The van der Waals surface area contributed by atoms with Gasteiger partial charge in [-0.15, -0.1) is 0 Å². The SMILES string of the molecule is NC(=O)c1cc(F)nc(Cl)c1. The lowest BCUT2D eigenvalue weighted by atomic mass is 10.2. The summed E-state index contributed by atoms with van der Waals surface area (Å²) >= 11 is 5.34. The molecule has 1 heterocycles. The van der Waals surface area contributed by atoms with Crippen LogP contribution in [0.4, 0.5) is 4.39 Å². The van der Waals surface area contributed by atoms with Crippen LogP contribution in [0.3, 0.4) is 0 Å². The second-order valence-corrected chi connectivity index (χ2v) is 2.25. The maximum absolute atomic E-state index is 12.4. The van der Waals surface area contributed by atoms with Gasteiger partial charge >= 0.3 is 0 Å². The quantitative estimate of drug-likeness (QED) is 0.645. The van der Waals surface area contributed by atoms with Crippen molar-refractivity contribution in [2.75, 3.05) is 0 Å². The first-order valence-corrected chi connectivity index (χ1v) is 3.10. The first kappa shape index (κ1) is 7.94. The number of hydrogen-bond donors (Lipinski definition) is 1. The summed E-state index contributed by atoms with van der Waals surface area (Å²) in [6.45, 7) is 0. The van der Waals surface area contributed by atoms with Gasteiger partial charge in [0, 0.05) is 11.6 Å². The molecule has 1 rings (SSSR count). The summed E-state index contributed by atoms with van der Waals surface area (Å²) in [7, 11) is 0. The van der Waals surface area contributed by atoms with E-state index in [9.17, 15) is 9.18 Å². The summed E-state index contributed by atoms with van der Waals surface area (Å²) in [4.78, 5) is 13.7. The molecule has 0 atom stereocenters. The third-order valence-corrected chi connectivity index (χ3v) is 1.24. The summed E-state index contributed by atoms with van der Waals surface area (Å²) in [5.41, 5.74) is 4.88. The number of nitrogens with zero attached hydrogens (tertiary/aromatic N) is 1. The Bertz CT molecular complexity index is 282. The number of halogens is 2. The van der Waals surface area contributed by atoms with Gasteiger partial charge < -0.3 is 5.73 Å². The molecule has 0 aliphatic rings. The minimum absolute atomic E-state index is 0.0162. The van der Waals surface area contributed by atoms with Crippen LogP contribution in [-0.4, -0.2) is 10.9 Å². The topological polar surface area (TPSA) is 56.0 Å². The number of aromatic nitrogens is 1. The lowest BCUT2D eigenvalue weighted by Gasteiger charge is -1.94. The van der Waals surface area contributed by atoms with Gasteiger partial charge in [-0.05, 0) is 6.07 Å². The van der Waals surface area contributed by atoms with E-state index < -0.39 is 11.9 Å². The van der Waals surface area contributed by atoms with Crippen LogP contribution in [0.1, 0.15) is 10.4 Å². The Balaban J connectivity index is 3.19. The predicted molar refractivity (Wildman–Crippen MR) is 37.7 cm³/mol. The molecule has 0 saturated carbocycles. The van der Waals surface area contributed by atoms with Gasteiger partial charge in [0.15, 0.2) is 0 Å². The highest BCUT2D eigenvalue weighted by molar-refractivity contribution is 6.29. The number of rotatable bonds is 1. The van der Waals surface area contributed by atoms with Crippen LogP contribution in [0.5, 0.6) is 0 Å². The molecular weight excluding hydrogens is 171 g/mol. The summed E-state index contributed by atoms with van der Waals surface area (Å²) in [5.74, 6) is -1.54. The van der Waals surface area contributed by atoms with E-state index in [1.165, 1.54) is 6.07 Å². The molecule has 1 aromatic heterocycles. The Labute approximate surface area is 67.0 Å². The van der Waals surface area contributed by atoms with Gasteiger partial charge in [0.25, 0.3) is 0 Å². The van der Waals surface area contributed by atoms with Gasteiger partial charge in [0.05, 0.1) is 0 Å². The Hall–Kier alpha value is -1.16. The molecule has 3 nitrogen and oxygen atoms in total. The molecule has 1 amide bonds. The van der Waals surface area contributed by atoms with Gasteiger partial charge in [-0.1, -0.05) is 11.6 Å². The molecule has 0 radical (unpaired) electrons. The van der Waals surface area contributed by atoms with E-state index in [2.05, 4.69) is 4.98 Å². The molecule has 0 aliphatic carbocycles. The molecule has 58 valence electrons. The molecule has 0 spiro atoms. The fourth-order valence-corrected chi connectivity index (χ4v) is 0.805. The van der Waals surface area contributed by atoms with Crippen molar-refractivity contribution >= 4 is 17.5 Å². The van der Waals surface area contributed by atoms with Crippen LogP contribution in [0.25, 0.3) is 0 Å². The predicted octanol–water partition coefficient (Wildman–Crippen LogP) is 0.973. The molecule has 0 saturated heterocycles. The third-order valence-electron chi connectivity index (χ3n) is 1.05. The smallest absolute Gasteiger partial charge is 0.248 e. The van der Waals surface area contributed by atoms with Crippen molar-refractivity contribution in [2.24, 2.45) is 5.73 Å². The minimum atomic E-state index is -0.814. The molecule has 5 heteroatoms. The number of hydrogen-bond acceptors (Lipinski definition) is 2. The van der Waals surface area contributed by atoms with Crippen molar-refractivity contribution in [1.82, 2.24) is 4.98 Å². The van der Waals surface area contributed by atoms with E-state index >= 15 is 0 Å². The first-order valence-electron chi connectivity index (χ1n) is 2.72. The van der Waals surface area contributed by atoms with Crippen LogP contribution in [0, 0.1) is 5.95 Å². The van der Waals surface area contributed by atoms with Gasteiger partial charge in [-0.3, -0.25) is 4.79 Å². The van der Waals surface area contributed by atoms with Crippen molar-refractivity contribution < 1.29 is 9.18 Å². The van der Waals surface area contributed by atoms with Crippen molar-refractivity contribution in [1.29, 1.82) is 0 Å². The largest absolute Gasteiger partial charge is 0.366 e. The highest BCUT2D eigenvalue weighted by Crippen LogP contribution is 2.08. The molecule has 0 fully saturated rings. The highest BCUT2D eigenvalue weighted by Gasteiger charge is 2.04. The number of pyridine rings is 1. The normalized spacial score (nSPS) is 9.64. The monoisotopic (exact) mass is 174 g/mol. The van der Waals surface area contributed by atoms with Crippen molar-refractivity contribution in [3.8, 4) is 0 Å². The van der Waals surface area contributed by atoms with Crippen LogP contribution in [0.15, 0.2) is 12.1 Å². The van der Waals surface area contributed by atoms with Gasteiger partial charge in [0.1, 0.15) is 5.15 Å². The van der Waals surface area contributed by atoms with E-state index in [-0.39, 0.29) is 10.7 Å². The maximum atomic E-state index is 12.4. The number of nitrogens with two attached hydrogens (primary N) is 1. The second-order valence-electron chi connectivity index (χ2n) is 1.87. The zero-order valence-corrected chi connectivity index (χ0v) is 6.10. The van der Waals surface area contributed by atoms with Crippen molar-refractivity contribution in [3.05, 3.63) is 28.8 Å². The number of amides is 1. The third kappa shape index (κ3) is 1.88. The molecule has 0 bridgehead atoms. The van der Waals surface area contributed by atoms with E-state index in [4.69, 9.17) is 17.3 Å². The highest BCUT2D eigenvalue weighted by atomic mass is 35.5. The average molecular weight is 175 g/mol. The number of carbonyl (C=O) groups is 1. The standard InChI is InChI=1S/C6H4ClFN2O/c7-4-1-3(6(9)11)2-5(8)10-4/h1-2H,(H2,9,11). The Kier molecular flexibility index (Phi) is 2.05. The van der Waals surface area contributed by atoms with Gasteiger partial charge in [-0.2, -0.15) is 4.39 Å². The summed E-state index contributed by atoms with van der Waals surface area (Å²) in [6.07, 6.45) is 0. The van der Waals surface area contributed by atoms with Gasteiger partial charge in [0.2, 0.25) is 11.9 Å². The lowest BCUT2D eigenvalue weighted by Crippen LogP contribution is -2.11. The van der Waals surface area contributed by atoms with E-state index in [0.29, 0.717) is 0 Å². The van der Waals surface area contributed by atoms with Crippen LogP contribution < -0.4 is 5.73 Å². The average Bonchev–Trinajstić information content (AvgIpc) is 1.85. The molecule has 0 aromatic carbocycles. The van der Waals surface area contributed by atoms with Crippen molar-refractivity contribution in [2.45, 2.75) is 0 Å². The summed E-state index contributed by atoms with van der Waals surface area (Å²) in [5, 5.41) is -0.0844. The first-order chi connectivity index (χ1) is 5.09. The lowest BCUT2D eigenvalue weighted by molar-refractivity contribution is 0.0999. The molecule has 2 N–H and O–H groups in total. The molecule has 11 heavy (non-hydrogen) atoms. The fourth-order valence-electron chi connectivity index (χ4n) is 0.607. The van der Waals surface area contributed by atoms with E-state index in [1.54, 1.807) is 0 Å². The zero-order valence-electron chi connectivity index (χ0n) is 5.34. The van der Waals surface area contributed by atoms with Crippen molar-refractivity contribution in [3.63, 3.8) is 0 Å². The molecule has 1 aromatic rings. The van der Waals surface area contributed by atoms with E-state index in [0.717, 1.165) is 6.07 Å². The summed E-state index contributed by atoms with van der Waals surface area (Å²) in [6, 6.07) is 2.13. The van der Waals surface area contributed by atoms with Gasteiger partial charge in [-0.25, -0.2) is 4.98 Å². The minimum Gasteiger partial charge on any atom is -0.366 e.